The van der Waals surface area contributed by atoms with E-state index in [-0.39, 0.29) is 5.92 Å². The third kappa shape index (κ3) is 4.71. The van der Waals surface area contributed by atoms with Crippen LogP contribution < -0.4 is 5.32 Å². The number of carbonyl (C=O) groups excluding carboxylic acids is 1. The predicted molar refractivity (Wildman–Crippen MR) is 98.1 cm³/mol. The summed E-state index contributed by atoms with van der Waals surface area (Å²) < 4.78 is 0. The van der Waals surface area contributed by atoms with E-state index in [2.05, 4.69) is 34.2 Å². The standard InChI is InChI=1S/C19H28ClN3O/c1-15-13-17(7-8-21-15)19(24)23-10-2-9-22(11-12-23)14-16-3-5-18(20)6-4-16/h3-6,15,17,21H,2,7-14H2,1H3/t15-,17-/m0/s1. The number of nitrogens with one attached hydrogen (secondary N) is 1. The lowest BCUT2D eigenvalue weighted by atomic mass is 9.92. The van der Waals surface area contributed by atoms with Gasteiger partial charge in [0, 0.05) is 49.7 Å². The Balaban J connectivity index is 1.52. The van der Waals surface area contributed by atoms with Crippen LogP contribution in [0.1, 0.15) is 31.7 Å². The molecular weight excluding hydrogens is 322 g/mol. The van der Waals surface area contributed by atoms with Crippen LogP contribution >= 0.6 is 11.6 Å². The van der Waals surface area contributed by atoms with Crippen molar-refractivity contribution in [1.29, 1.82) is 0 Å². The van der Waals surface area contributed by atoms with Gasteiger partial charge in [-0.1, -0.05) is 23.7 Å². The van der Waals surface area contributed by atoms with Crippen LogP contribution in [-0.2, 0) is 11.3 Å². The van der Waals surface area contributed by atoms with Crippen LogP contribution in [0.3, 0.4) is 0 Å². The summed E-state index contributed by atoms with van der Waals surface area (Å²) in [6.45, 7) is 7.83. The monoisotopic (exact) mass is 349 g/mol. The maximum absolute atomic E-state index is 12.8. The van der Waals surface area contributed by atoms with Gasteiger partial charge in [-0.15, -0.1) is 0 Å². The molecule has 132 valence electrons. The van der Waals surface area contributed by atoms with Gasteiger partial charge in [-0.2, -0.15) is 0 Å². The molecule has 4 nitrogen and oxygen atoms in total. The summed E-state index contributed by atoms with van der Waals surface area (Å²) >= 11 is 5.96. The molecule has 2 atom stereocenters. The van der Waals surface area contributed by atoms with Gasteiger partial charge in [0.25, 0.3) is 0 Å². The molecule has 5 heteroatoms. The summed E-state index contributed by atoms with van der Waals surface area (Å²) in [5, 5.41) is 4.21. The predicted octanol–water partition coefficient (Wildman–Crippen LogP) is 2.76. The quantitative estimate of drug-likeness (QED) is 0.911. The van der Waals surface area contributed by atoms with Crippen molar-refractivity contribution in [2.75, 3.05) is 32.7 Å². The molecule has 0 spiro atoms. The number of hydrogen-bond donors (Lipinski definition) is 1. The molecule has 1 aromatic carbocycles. The lowest BCUT2D eigenvalue weighted by Crippen LogP contribution is -2.45. The topological polar surface area (TPSA) is 35.6 Å². The number of rotatable bonds is 3. The SMILES string of the molecule is C[C@H]1C[C@@H](C(=O)N2CCCN(Cc3ccc(Cl)cc3)CC2)CCN1. The lowest BCUT2D eigenvalue weighted by molar-refractivity contribution is -0.136. The molecule has 2 aliphatic heterocycles. The van der Waals surface area contributed by atoms with Gasteiger partial charge in [-0.3, -0.25) is 9.69 Å². The van der Waals surface area contributed by atoms with E-state index in [1.807, 2.05) is 12.1 Å². The zero-order chi connectivity index (χ0) is 16.9. The lowest BCUT2D eigenvalue weighted by Gasteiger charge is -2.31. The Hall–Kier alpha value is -1.10. The van der Waals surface area contributed by atoms with Crippen molar-refractivity contribution in [2.24, 2.45) is 5.92 Å². The van der Waals surface area contributed by atoms with E-state index in [9.17, 15) is 4.79 Å². The third-order valence-corrected chi connectivity index (χ3v) is 5.44. The minimum absolute atomic E-state index is 0.212. The first-order valence-corrected chi connectivity index (χ1v) is 9.48. The van der Waals surface area contributed by atoms with Gasteiger partial charge >= 0.3 is 0 Å². The number of amides is 1. The molecule has 0 bridgehead atoms. The second kappa shape index (κ2) is 8.32. The fourth-order valence-corrected chi connectivity index (χ4v) is 3.94. The number of piperidine rings is 1. The Morgan fingerprint density at radius 1 is 1.21 bits per heavy atom. The summed E-state index contributed by atoms with van der Waals surface area (Å²) in [7, 11) is 0. The van der Waals surface area contributed by atoms with Gasteiger partial charge in [0.15, 0.2) is 0 Å². The number of nitrogens with zero attached hydrogens (tertiary/aromatic N) is 2. The summed E-state index contributed by atoms with van der Waals surface area (Å²) in [6, 6.07) is 8.53. The molecule has 0 saturated carbocycles. The molecule has 24 heavy (non-hydrogen) atoms. The van der Waals surface area contributed by atoms with Gasteiger partial charge in [0.2, 0.25) is 5.91 Å². The normalized spacial score (nSPS) is 26.2. The van der Waals surface area contributed by atoms with Crippen LogP contribution in [0.2, 0.25) is 5.02 Å². The average molecular weight is 350 g/mol. The minimum atomic E-state index is 0.212. The average Bonchev–Trinajstić information content (AvgIpc) is 2.82. The van der Waals surface area contributed by atoms with Crippen molar-refractivity contribution in [3.63, 3.8) is 0 Å². The Bertz CT molecular complexity index is 548. The van der Waals surface area contributed by atoms with Crippen molar-refractivity contribution in [3.8, 4) is 0 Å². The molecule has 2 heterocycles. The Labute approximate surface area is 150 Å². The highest BCUT2D eigenvalue weighted by Gasteiger charge is 2.29. The number of halogens is 1. The molecule has 0 radical (unpaired) electrons. The van der Waals surface area contributed by atoms with E-state index in [0.29, 0.717) is 11.9 Å². The molecule has 1 amide bonds. The van der Waals surface area contributed by atoms with E-state index >= 15 is 0 Å². The maximum Gasteiger partial charge on any atom is 0.225 e. The van der Waals surface area contributed by atoms with Gasteiger partial charge in [-0.05, 0) is 50.4 Å². The fourth-order valence-electron chi connectivity index (χ4n) is 3.81. The molecule has 0 unspecified atom stereocenters. The Morgan fingerprint density at radius 3 is 2.75 bits per heavy atom. The highest BCUT2D eigenvalue weighted by atomic mass is 35.5. The first-order chi connectivity index (χ1) is 11.6. The molecule has 3 rings (SSSR count). The zero-order valence-corrected chi connectivity index (χ0v) is 15.3. The van der Waals surface area contributed by atoms with E-state index < -0.39 is 0 Å². The third-order valence-electron chi connectivity index (χ3n) is 5.19. The first kappa shape index (κ1) is 17.7. The molecule has 0 aliphatic carbocycles. The van der Waals surface area contributed by atoms with Gasteiger partial charge in [0.05, 0.1) is 0 Å². The molecule has 0 aromatic heterocycles. The van der Waals surface area contributed by atoms with Crippen molar-refractivity contribution < 1.29 is 4.79 Å². The second-order valence-corrected chi connectivity index (χ2v) is 7.59. The van der Waals surface area contributed by atoms with Gasteiger partial charge < -0.3 is 10.2 Å². The molecule has 1 aromatic rings. The maximum atomic E-state index is 12.8. The molecule has 2 aliphatic rings. The van der Waals surface area contributed by atoms with Crippen molar-refractivity contribution in [3.05, 3.63) is 34.9 Å². The van der Waals surface area contributed by atoms with E-state index in [4.69, 9.17) is 11.6 Å². The smallest absolute Gasteiger partial charge is 0.225 e. The van der Waals surface area contributed by atoms with Crippen LogP contribution in [0.4, 0.5) is 0 Å². The van der Waals surface area contributed by atoms with Crippen LogP contribution in [0.15, 0.2) is 24.3 Å². The van der Waals surface area contributed by atoms with Crippen LogP contribution in [-0.4, -0.2) is 54.5 Å². The molecule has 2 fully saturated rings. The molecule has 2 saturated heterocycles. The number of carbonyl (C=O) groups is 1. The Kier molecular flexibility index (Phi) is 6.14. The number of hydrogen-bond acceptors (Lipinski definition) is 3. The fraction of sp³-hybridized carbons (Fsp3) is 0.632. The molecule has 1 N–H and O–H groups in total. The highest BCUT2D eigenvalue weighted by Crippen LogP contribution is 2.20. The highest BCUT2D eigenvalue weighted by molar-refractivity contribution is 6.30. The van der Waals surface area contributed by atoms with Crippen LogP contribution in [0, 0.1) is 5.92 Å². The zero-order valence-electron chi connectivity index (χ0n) is 14.5. The van der Waals surface area contributed by atoms with Crippen LogP contribution in [0.5, 0.6) is 0 Å². The first-order valence-electron chi connectivity index (χ1n) is 9.11. The van der Waals surface area contributed by atoms with Gasteiger partial charge in [0.1, 0.15) is 0 Å². The molecular formula is C19H28ClN3O. The van der Waals surface area contributed by atoms with Crippen molar-refractivity contribution in [1.82, 2.24) is 15.1 Å². The van der Waals surface area contributed by atoms with Crippen molar-refractivity contribution >= 4 is 17.5 Å². The number of benzene rings is 1. The van der Waals surface area contributed by atoms with Crippen LogP contribution in [0.25, 0.3) is 0 Å². The second-order valence-electron chi connectivity index (χ2n) is 7.16. The van der Waals surface area contributed by atoms with Gasteiger partial charge in [-0.25, -0.2) is 0 Å². The van der Waals surface area contributed by atoms with E-state index in [1.54, 1.807) is 0 Å². The summed E-state index contributed by atoms with van der Waals surface area (Å²) in [6.07, 6.45) is 3.01. The largest absolute Gasteiger partial charge is 0.341 e. The van der Waals surface area contributed by atoms with Crippen molar-refractivity contribution in [2.45, 2.75) is 38.8 Å². The minimum Gasteiger partial charge on any atom is -0.341 e. The summed E-state index contributed by atoms with van der Waals surface area (Å²) in [4.78, 5) is 17.4. The Morgan fingerprint density at radius 2 is 2.00 bits per heavy atom. The summed E-state index contributed by atoms with van der Waals surface area (Å²) in [5.41, 5.74) is 1.28. The van der Waals surface area contributed by atoms with E-state index in [1.165, 1.54) is 5.56 Å². The van der Waals surface area contributed by atoms with E-state index in [0.717, 1.165) is 63.6 Å². The summed E-state index contributed by atoms with van der Waals surface area (Å²) in [5.74, 6) is 0.584.